The van der Waals surface area contributed by atoms with Crippen LogP contribution in [0.3, 0.4) is 0 Å². The monoisotopic (exact) mass is 228 g/mol. The molecule has 0 aromatic rings. The maximum absolute atomic E-state index is 12.1. The van der Waals surface area contributed by atoms with Gasteiger partial charge in [-0.15, -0.1) is 0 Å². The van der Waals surface area contributed by atoms with E-state index < -0.39 is 5.54 Å². The van der Waals surface area contributed by atoms with Crippen molar-refractivity contribution in [2.45, 2.75) is 57.5 Å². The van der Waals surface area contributed by atoms with Gasteiger partial charge in [0.05, 0.1) is 5.54 Å². The second-order valence-electron chi connectivity index (χ2n) is 4.99. The Morgan fingerprint density at radius 1 is 1.38 bits per heavy atom. The zero-order valence-corrected chi connectivity index (χ0v) is 10.6. The van der Waals surface area contributed by atoms with Gasteiger partial charge in [-0.1, -0.05) is 13.8 Å². The van der Waals surface area contributed by atoms with E-state index in [1.54, 1.807) is 0 Å². The molecule has 1 heterocycles. The average Bonchev–Trinajstić information content (AvgIpc) is 2.28. The molecule has 0 atom stereocenters. The van der Waals surface area contributed by atoms with Crippen molar-refractivity contribution in [3.8, 4) is 0 Å². The molecule has 1 rings (SSSR count). The third-order valence-corrected chi connectivity index (χ3v) is 3.73. The Morgan fingerprint density at radius 2 is 1.88 bits per heavy atom. The minimum absolute atomic E-state index is 0.0260. The smallest absolute Gasteiger partial charge is 0.240 e. The average molecular weight is 228 g/mol. The Bertz CT molecular complexity index is 243. The molecule has 0 bridgehead atoms. The van der Waals surface area contributed by atoms with Crippen molar-refractivity contribution in [3.63, 3.8) is 0 Å². The lowest BCUT2D eigenvalue weighted by Gasteiger charge is -2.37. The Labute approximate surface area is 97.9 Å². The summed E-state index contributed by atoms with van der Waals surface area (Å²) >= 11 is 0. The van der Waals surface area contributed by atoms with Crippen molar-refractivity contribution in [1.82, 2.24) is 5.32 Å². The van der Waals surface area contributed by atoms with E-state index in [4.69, 9.17) is 10.5 Å². The summed E-state index contributed by atoms with van der Waals surface area (Å²) in [7, 11) is 0. The molecule has 4 nitrogen and oxygen atoms in total. The molecule has 0 radical (unpaired) electrons. The summed E-state index contributed by atoms with van der Waals surface area (Å²) in [5.41, 5.74) is 5.20. The molecule has 1 aliphatic heterocycles. The van der Waals surface area contributed by atoms with Crippen LogP contribution in [0.25, 0.3) is 0 Å². The van der Waals surface area contributed by atoms with E-state index in [-0.39, 0.29) is 11.4 Å². The summed E-state index contributed by atoms with van der Waals surface area (Å²) < 4.78 is 5.30. The van der Waals surface area contributed by atoms with Gasteiger partial charge in [0.1, 0.15) is 0 Å². The first kappa shape index (κ1) is 13.5. The molecule has 16 heavy (non-hydrogen) atoms. The van der Waals surface area contributed by atoms with E-state index in [9.17, 15) is 4.79 Å². The molecule has 3 N–H and O–H groups in total. The van der Waals surface area contributed by atoms with Crippen LogP contribution in [0.2, 0.25) is 0 Å². The maximum Gasteiger partial charge on any atom is 0.240 e. The van der Waals surface area contributed by atoms with Gasteiger partial charge in [-0.05, 0) is 32.6 Å². The minimum Gasteiger partial charge on any atom is -0.381 e. The van der Waals surface area contributed by atoms with Gasteiger partial charge >= 0.3 is 0 Å². The van der Waals surface area contributed by atoms with Crippen molar-refractivity contribution in [1.29, 1.82) is 0 Å². The maximum atomic E-state index is 12.1. The van der Waals surface area contributed by atoms with Crippen LogP contribution in [0.15, 0.2) is 0 Å². The first-order valence-electron chi connectivity index (χ1n) is 6.15. The normalized spacial score (nSPS) is 20.5. The van der Waals surface area contributed by atoms with E-state index in [1.807, 2.05) is 13.8 Å². The van der Waals surface area contributed by atoms with Gasteiger partial charge in [0.25, 0.3) is 0 Å². The topological polar surface area (TPSA) is 64.4 Å². The van der Waals surface area contributed by atoms with Gasteiger partial charge in [0, 0.05) is 18.8 Å². The summed E-state index contributed by atoms with van der Waals surface area (Å²) in [4.78, 5) is 12.1. The minimum atomic E-state index is -0.721. The van der Waals surface area contributed by atoms with Gasteiger partial charge in [0.15, 0.2) is 0 Å². The van der Waals surface area contributed by atoms with Crippen molar-refractivity contribution >= 4 is 5.91 Å². The standard InChI is InChI=1S/C12H24N2O2/c1-4-12(13,5-2)10(15)14-11(3)6-8-16-9-7-11/h4-9,13H2,1-3H3,(H,14,15). The predicted octanol–water partition coefficient (Wildman–Crippen LogP) is 1.19. The molecule has 0 spiro atoms. The third kappa shape index (κ3) is 2.95. The molecule has 1 fully saturated rings. The van der Waals surface area contributed by atoms with Crippen molar-refractivity contribution in [2.75, 3.05) is 13.2 Å². The van der Waals surface area contributed by atoms with E-state index in [1.165, 1.54) is 0 Å². The highest BCUT2D eigenvalue weighted by molar-refractivity contribution is 5.86. The van der Waals surface area contributed by atoms with Crippen molar-refractivity contribution in [2.24, 2.45) is 5.73 Å². The van der Waals surface area contributed by atoms with E-state index >= 15 is 0 Å². The quantitative estimate of drug-likeness (QED) is 0.759. The molecule has 0 saturated carbocycles. The Hall–Kier alpha value is -0.610. The lowest BCUT2D eigenvalue weighted by Crippen LogP contribution is -2.60. The highest BCUT2D eigenvalue weighted by atomic mass is 16.5. The third-order valence-electron chi connectivity index (χ3n) is 3.73. The van der Waals surface area contributed by atoms with Gasteiger partial charge in [-0.25, -0.2) is 0 Å². The fraction of sp³-hybridized carbons (Fsp3) is 0.917. The number of carbonyl (C=O) groups is 1. The molecule has 0 aromatic heterocycles. The fourth-order valence-corrected chi connectivity index (χ4v) is 1.92. The lowest BCUT2D eigenvalue weighted by molar-refractivity contribution is -0.129. The van der Waals surface area contributed by atoms with Crippen molar-refractivity contribution < 1.29 is 9.53 Å². The molecular weight excluding hydrogens is 204 g/mol. The molecule has 4 heteroatoms. The second-order valence-corrected chi connectivity index (χ2v) is 4.99. The molecule has 94 valence electrons. The second kappa shape index (κ2) is 5.15. The van der Waals surface area contributed by atoms with Gasteiger partial charge in [-0.3, -0.25) is 4.79 Å². The van der Waals surface area contributed by atoms with Crippen LogP contribution >= 0.6 is 0 Å². The Morgan fingerprint density at radius 3 is 2.31 bits per heavy atom. The van der Waals surface area contributed by atoms with E-state index in [0.29, 0.717) is 26.1 Å². The summed E-state index contributed by atoms with van der Waals surface area (Å²) in [6, 6.07) is 0. The number of rotatable bonds is 4. The first-order valence-corrected chi connectivity index (χ1v) is 6.15. The summed E-state index contributed by atoms with van der Waals surface area (Å²) in [5.74, 6) is -0.0260. The molecular formula is C12H24N2O2. The lowest BCUT2D eigenvalue weighted by atomic mass is 9.88. The first-order chi connectivity index (χ1) is 7.46. The predicted molar refractivity (Wildman–Crippen MR) is 64.1 cm³/mol. The van der Waals surface area contributed by atoms with Crippen LogP contribution in [0.5, 0.6) is 0 Å². The zero-order valence-electron chi connectivity index (χ0n) is 10.6. The molecule has 1 aliphatic rings. The number of hydrogen-bond donors (Lipinski definition) is 2. The number of hydrogen-bond acceptors (Lipinski definition) is 3. The van der Waals surface area contributed by atoms with Crippen LogP contribution in [0.4, 0.5) is 0 Å². The number of nitrogens with one attached hydrogen (secondary N) is 1. The highest BCUT2D eigenvalue weighted by Crippen LogP contribution is 2.22. The number of ether oxygens (including phenoxy) is 1. The largest absolute Gasteiger partial charge is 0.381 e. The van der Waals surface area contributed by atoms with E-state index in [2.05, 4.69) is 12.2 Å². The number of amides is 1. The summed E-state index contributed by atoms with van der Waals surface area (Å²) in [6.45, 7) is 7.41. The number of carbonyl (C=O) groups excluding carboxylic acids is 1. The molecule has 0 aromatic carbocycles. The molecule has 0 aliphatic carbocycles. The summed E-state index contributed by atoms with van der Waals surface area (Å²) in [5, 5.41) is 3.09. The fourth-order valence-electron chi connectivity index (χ4n) is 1.92. The molecule has 0 unspecified atom stereocenters. The zero-order chi connectivity index (χ0) is 12.2. The van der Waals surface area contributed by atoms with Crippen LogP contribution < -0.4 is 11.1 Å². The number of nitrogens with two attached hydrogens (primary N) is 1. The van der Waals surface area contributed by atoms with Gasteiger partial charge in [-0.2, -0.15) is 0 Å². The van der Waals surface area contributed by atoms with Crippen LogP contribution in [0, 0.1) is 0 Å². The molecule has 1 saturated heterocycles. The van der Waals surface area contributed by atoms with Crippen LogP contribution in [-0.4, -0.2) is 30.2 Å². The highest BCUT2D eigenvalue weighted by Gasteiger charge is 2.36. The van der Waals surface area contributed by atoms with Gasteiger partial charge < -0.3 is 15.8 Å². The van der Waals surface area contributed by atoms with Crippen LogP contribution in [0.1, 0.15) is 46.5 Å². The Balaban J connectivity index is 2.62. The Kier molecular flexibility index (Phi) is 4.33. The summed E-state index contributed by atoms with van der Waals surface area (Å²) in [6.07, 6.45) is 3.06. The van der Waals surface area contributed by atoms with Crippen molar-refractivity contribution in [3.05, 3.63) is 0 Å². The SMILES string of the molecule is CCC(N)(CC)C(=O)NC1(C)CCOCC1. The van der Waals surface area contributed by atoms with Gasteiger partial charge in [0.2, 0.25) is 5.91 Å². The molecule has 1 amide bonds. The van der Waals surface area contributed by atoms with Crippen LogP contribution in [-0.2, 0) is 9.53 Å². The van der Waals surface area contributed by atoms with E-state index in [0.717, 1.165) is 12.8 Å².